The molecule has 1 aliphatic rings. The third-order valence-corrected chi connectivity index (χ3v) is 5.36. The molecular weight excluding hydrogens is 322 g/mol. The second-order valence-corrected chi connectivity index (χ2v) is 8.11. The molecule has 0 aromatic heterocycles. The number of guanidine groups is 1. The molecule has 0 saturated heterocycles. The van der Waals surface area contributed by atoms with E-state index < -0.39 is 9.84 Å². The molecule has 1 saturated carbocycles. The number of hydrogen-bond donors (Lipinski definition) is 2. The second-order valence-electron chi connectivity index (χ2n) is 5.72. The highest BCUT2D eigenvalue weighted by atomic mass is 35.5. The molecule has 7 heteroatoms. The van der Waals surface area contributed by atoms with Gasteiger partial charge in [-0.25, -0.2) is 13.4 Å². The molecule has 0 heterocycles. The number of sulfone groups is 1. The highest BCUT2D eigenvalue weighted by molar-refractivity contribution is 7.90. The van der Waals surface area contributed by atoms with Crippen LogP contribution in [0.4, 0.5) is 0 Å². The van der Waals surface area contributed by atoms with Crippen LogP contribution in [-0.4, -0.2) is 26.7 Å². The van der Waals surface area contributed by atoms with E-state index in [1.807, 2.05) is 0 Å². The summed E-state index contributed by atoms with van der Waals surface area (Å²) in [4.78, 5) is 4.43. The largest absolute Gasteiger partial charge is 0.370 e. The van der Waals surface area contributed by atoms with Crippen molar-refractivity contribution in [2.45, 2.75) is 49.6 Å². The standard InChI is InChI=1S/C15H22ClN3O2S/c1-22(20,21)14-8-7-11(9-13(14)16)10-18-15(17)19-12-5-3-2-4-6-12/h7-9,12H,2-6,10H2,1H3,(H3,17,18,19). The van der Waals surface area contributed by atoms with Crippen molar-refractivity contribution >= 4 is 27.4 Å². The summed E-state index contributed by atoms with van der Waals surface area (Å²) in [5.74, 6) is 0.426. The molecular formula is C15H22ClN3O2S. The molecule has 0 spiro atoms. The maximum absolute atomic E-state index is 11.5. The van der Waals surface area contributed by atoms with Crippen molar-refractivity contribution in [1.29, 1.82) is 0 Å². The molecule has 0 bridgehead atoms. The first-order valence-electron chi connectivity index (χ1n) is 7.41. The minimum atomic E-state index is -3.31. The normalized spacial score (nSPS) is 17.5. The Morgan fingerprint density at radius 3 is 2.64 bits per heavy atom. The predicted molar refractivity (Wildman–Crippen MR) is 89.9 cm³/mol. The molecule has 5 nitrogen and oxygen atoms in total. The Morgan fingerprint density at radius 1 is 1.36 bits per heavy atom. The Hall–Kier alpha value is -1.27. The van der Waals surface area contributed by atoms with Crippen molar-refractivity contribution < 1.29 is 8.42 Å². The number of nitrogens with zero attached hydrogens (tertiary/aromatic N) is 1. The molecule has 0 unspecified atom stereocenters. The number of hydrogen-bond acceptors (Lipinski definition) is 3. The van der Waals surface area contributed by atoms with Crippen molar-refractivity contribution in [3.63, 3.8) is 0 Å². The van der Waals surface area contributed by atoms with Gasteiger partial charge < -0.3 is 11.1 Å². The Labute approximate surface area is 136 Å². The summed E-state index contributed by atoms with van der Waals surface area (Å²) in [6, 6.07) is 5.25. The SMILES string of the molecule is CS(=O)(=O)c1ccc(CN=C(N)NC2CCCCC2)cc1Cl. The van der Waals surface area contributed by atoms with Gasteiger partial charge in [-0.2, -0.15) is 0 Å². The lowest BCUT2D eigenvalue weighted by atomic mass is 9.96. The second kappa shape index (κ2) is 7.33. The van der Waals surface area contributed by atoms with Crippen LogP contribution in [0.3, 0.4) is 0 Å². The molecule has 1 fully saturated rings. The van der Waals surface area contributed by atoms with Gasteiger partial charge in [0.15, 0.2) is 15.8 Å². The van der Waals surface area contributed by atoms with Crippen LogP contribution in [0, 0.1) is 0 Å². The molecule has 2 rings (SSSR count). The van der Waals surface area contributed by atoms with E-state index in [-0.39, 0.29) is 9.92 Å². The monoisotopic (exact) mass is 343 g/mol. The fourth-order valence-electron chi connectivity index (χ4n) is 2.62. The molecule has 1 aromatic carbocycles. The van der Waals surface area contributed by atoms with E-state index in [9.17, 15) is 8.42 Å². The van der Waals surface area contributed by atoms with Gasteiger partial charge in [0.1, 0.15) is 0 Å². The Kier molecular flexibility index (Phi) is 5.69. The van der Waals surface area contributed by atoms with Crippen molar-refractivity contribution in [3.8, 4) is 0 Å². The van der Waals surface area contributed by atoms with Gasteiger partial charge >= 0.3 is 0 Å². The Morgan fingerprint density at radius 2 is 2.05 bits per heavy atom. The van der Waals surface area contributed by atoms with Gasteiger partial charge in [0.05, 0.1) is 16.5 Å². The van der Waals surface area contributed by atoms with Crippen LogP contribution in [0.1, 0.15) is 37.7 Å². The van der Waals surface area contributed by atoms with E-state index in [4.69, 9.17) is 17.3 Å². The molecule has 0 atom stereocenters. The minimum absolute atomic E-state index is 0.134. The Balaban J connectivity index is 1.98. The first-order chi connectivity index (χ1) is 10.4. The summed E-state index contributed by atoms with van der Waals surface area (Å²) in [7, 11) is -3.31. The van der Waals surface area contributed by atoms with E-state index in [1.165, 1.54) is 25.3 Å². The molecule has 1 aliphatic carbocycles. The van der Waals surface area contributed by atoms with Crippen LogP contribution in [0.25, 0.3) is 0 Å². The van der Waals surface area contributed by atoms with Gasteiger partial charge in [-0.1, -0.05) is 36.9 Å². The van der Waals surface area contributed by atoms with Crippen molar-refractivity contribution in [2.24, 2.45) is 10.7 Å². The summed E-state index contributed by atoms with van der Waals surface area (Å²) < 4.78 is 23.0. The van der Waals surface area contributed by atoms with Crippen molar-refractivity contribution in [3.05, 3.63) is 28.8 Å². The molecule has 0 radical (unpaired) electrons. The fourth-order valence-corrected chi connectivity index (χ4v) is 3.97. The molecule has 22 heavy (non-hydrogen) atoms. The number of halogens is 1. The minimum Gasteiger partial charge on any atom is -0.370 e. The third kappa shape index (κ3) is 4.88. The van der Waals surface area contributed by atoms with E-state index in [1.54, 1.807) is 12.1 Å². The van der Waals surface area contributed by atoms with Gasteiger partial charge in [-0.15, -0.1) is 0 Å². The van der Waals surface area contributed by atoms with Crippen molar-refractivity contribution in [2.75, 3.05) is 6.26 Å². The number of benzene rings is 1. The van der Waals surface area contributed by atoms with Gasteiger partial charge in [-0.3, -0.25) is 0 Å². The van der Waals surface area contributed by atoms with Crippen LogP contribution in [0.2, 0.25) is 5.02 Å². The van der Waals surface area contributed by atoms with E-state index in [0.29, 0.717) is 18.5 Å². The summed E-state index contributed by atoms with van der Waals surface area (Å²) in [6.07, 6.45) is 7.15. The van der Waals surface area contributed by atoms with E-state index in [2.05, 4.69) is 10.3 Å². The summed E-state index contributed by atoms with van der Waals surface area (Å²) in [6.45, 7) is 0.370. The molecule has 0 aliphatic heterocycles. The lowest BCUT2D eigenvalue weighted by Crippen LogP contribution is -2.41. The van der Waals surface area contributed by atoms with Gasteiger partial charge in [-0.05, 0) is 30.5 Å². The van der Waals surface area contributed by atoms with Crippen LogP contribution in [-0.2, 0) is 16.4 Å². The van der Waals surface area contributed by atoms with Gasteiger partial charge in [0.2, 0.25) is 0 Å². The molecule has 0 amide bonds. The summed E-state index contributed by atoms with van der Waals surface area (Å²) in [5, 5.41) is 3.45. The first-order valence-corrected chi connectivity index (χ1v) is 9.68. The van der Waals surface area contributed by atoms with Crippen LogP contribution in [0.15, 0.2) is 28.1 Å². The lowest BCUT2D eigenvalue weighted by Gasteiger charge is -2.23. The topological polar surface area (TPSA) is 84.5 Å². The smallest absolute Gasteiger partial charge is 0.189 e. The highest BCUT2D eigenvalue weighted by Gasteiger charge is 2.14. The van der Waals surface area contributed by atoms with Crippen LogP contribution < -0.4 is 11.1 Å². The Bertz CT molecular complexity index is 653. The van der Waals surface area contributed by atoms with Crippen molar-refractivity contribution in [1.82, 2.24) is 5.32 Å². The maximum Gasteiger partial charge on any atom is 0.189 e. The fraction of sp³-hybridized carbons (Fsp3) is 0.533. The zero-order valence-corrected chi connectivity index (χ0v) is 14.3. The summed E-state index contributed by atoms with van der Waals surface area (Å²) in [5.41, 5.74) is 6.72. The molecule has 122 valence electrons. The van der Waals surface area contributed by atoms with Gasteiger partial charge in [0.25, 0.3) is 0 Å². The average molecular weight is 344 g/mol. The summed E-state index contributed by atoms with van der Waals surface area (Å²) >= 11 is 6.01. The van der Waals surface area contributed by atoms with Crippen LogP contribution in [0.5, 0.6) is 0 Å². The lowest BCUT2D eigenvalue weighted by molar-refractivity contribution is 0.412. The van der Waals surface area contributed by atoms with E-state index >= 15 is 0 Å². The van der Waals surface area contributed by atoms with Gasteiger partial charge in [0, 0.05) is 12.3 Å². The van der Waals surface area contributed by atoms with E-state index in [0.717, 1.165) is 24.7 Å². The average Bonchev–Trinajstić information content (AvgIpc) is 2.45. The third-order valence-electron chi connectivity index (χ3n) is 3.78. The predicted octanol–water partition coefficient (Wildman–Crippen LogP) is 2.48. The van der Waals surface area contributed by atoms with Crippen LogP contribution >= 0.6 is 11.6 Å². The number of rotatable bonds is 4. The zero-order chi connectivity index (χ0) is 16.2. The zero-order valence-electron chi connectivity index (χ0n) is 12.7. The number of nitrogens with one attached hydrogen (secondary N) is 1. The molecule has 1 aromatic rings. The quantitative estimate of drug-likeness (QED) is 0.649. The highest BCUT2D eigenvalue weighted by Crippen LogP contribution is 2.23. The first kappa shape index (κ1) is 17.1. The maximum atomic E-state index is 11.5. The number of nitrogens with two attached hydrogens (primary N) is 1. The number of aliphatic imine (C=N–C) groups is 1. The molecule has 3 N–H and O–H groups in total.